The molecule has 5 heteroatoms. The Morgan fingerprint density at radius 1 is 1.28 bits per heavy atom. The highest BCUT2D eigenvalue weighted by atomic mass is 79.9. The van der Waals surface area contributed by atoms with Gasteiger partial charge in [-0.1, -0.05) is 6.07 Å². The molecule has 0 aliphatic carbocycles. The molecule has 0 unspecified atom stereocenters. The molecule has 0 aromatic heterocycles. The first kappa shape index (κ1) is 13.2. The number of amides is 2. The summed E-state index contributed by atoms with van der Waals surface area (Å²) >= 11 is 3.32. The summed E-state index contributed by atoms with van der Waals surface area (Å²) < 4.78 is 0.657. The summed E-state index contributed by atoms with van der Waals surface area (Å²) in [6.45, 7) is 4.15. The van der Waals surface area contributed by atoms with E-state index in [4.69, 9.17) is 5.73 Å². The lowest BCUT2D eigenvalue weighted by atomic mass is 9.98. The second kappa shape index (κ2) is 4.48. The molecule has 4 nitrogen and oxygen atoms in total. The Morgan fingerprint density at radius 2 is 1.94 bits per heavy atom. The highest BCUT2D eigenvalue weighted by Gasteiger charge is 2.44. The number of hydrogen-bond acceptors (Lipinski definition) is 3. The van der Waals surface area contributed by atoms with Gasteiger partial charge in [0.2, 0.25) is 0 Å². The Balaban J connectivity index is 2.50. The van der Waals surface area contributed by atoms with Crippen molar-refractivity contribution in [3.63, 3.8) is 0 Å². The lowest BCUT2D eigenvalue weighted by molar-refractivity contribution is 0.0471. The van der Waals surface area contributed by atoms with E-state index < -0.39 is 5.54 Å². The molecule has 0 atom stereocenters. The van der Waals surface area contributed by atoms with Gasteiger partial charge in [-0.15, -0.1) is 0 Å². The summed E-state index contributed by atoms with van der Waals surface area (Å²) in [6, 6.07) is 5.20. The van der Waals surface area contributed by atoms with Crippen LogP contribution in [0.4, 0.5) is 0 Å². The van der Waals surface area contributed by atoms with Crippen molar-refractivity contribution in [2.45, 2.75) is 25.8 Å². The smallest absolute Gasteiger partial charge is 0.263 e. The molecule has 1 aromatic carbocycles. The molecule has 2 rings (SSSR count). The normalized spacial score (nSPS) is 15.2. The third-order valence-electron chi connectivity index (χ3n) is 3.23. The average molecular weight is 311 g/mol. The molecular weight excluding hydrogens is 296 g/mol. The molecule has 0 saturated carbocycles. The van der Waals surface area contributed by atoms with E-state index in [2.05, 4.69) is 15.9 Å². The largest absolute Gasteiger partial charge is 0.330 e. The molecule has 2 N–H and O–H groups in total. The van der Waals surface area contributed by atoms with Crippen LogP contribution < -0.4 is 5.73 Å². The van der Waals surface area contributed by atoms with Crippen LogP contribution in [0.2, 0.25) is 0 Å². The van der Waals surface area contributed by atoms with Crippen LogP contribution in [0.1, 0.15) is 41.0 Å². The quantitative estimate of drug-likeness (QED) is 0.870. The maximum atomic E-state index is 12.4. The van der Waals surface area contributed by atoms with E-state index in [0.717, 1.165) is 0 Å². The predicted molar refractivity (Wildman–Crippen MR) is 72.4 cm³/mol. The second-order valence-electron chi connectivity index (χ2n) is 4.96. The number of nitrogens with zero attached hydrogens (tertiary/aromatic N) is 1. The SMILES string of the molecule is CC(C)(CCN)N1C(=O)c2cccc(Br)c2C1=O. The molecule has 0 fully saturated rings. The monoisotopic (exact) mass is 310 g/mol. The minimum Gasteiger partial charge on any atom is -0.330 e. The van der Waals surface area contributed by atoms with Crippen LogP contribution in [0.3, 0.4) is 0 Å². The van der Waals surface area contributed by atoms with Gasteiger partial charge in [-0.05, 0) is 54.9 Å². The van der Waals surface area contributed by atoms with Crippen LogP contribution in [0.15, 0.2) is 22.7 Å². The fourth-order valence-electron chi connectivity index (χ4n) is 2.26. The number of carbonyl (C=O) groups is 2. The number of nitrogens with two attached hydrogens (primary N) is 1. The van der Waals surface area contributed by atoms with Gasteiger partial charge < -0.3 is 5.73 Å². The maximum absolute atomic E-state index is 12.4. The Morgan fingerprint density at radius 3 is 2.50 bits per heavy atom. The van der Waals surface area contributed by atoms with Crippen molar-refractivity contribution in [1.82, 2.24) is 4.90 Å². The molecule has 1 aliphatic heterocycles. The summed E-state index contributed by atoms with van der Waals surface area (Å²) in [4.78, 5) is 26.0. The number of benzene rings is 1. The number of fused-ring (bicyclic) bond motifs is 1. The maximum Gasteiger partial charge on any atom is 0.263 e. The summed E-state index contributed by atoms with van der Waals surface area (Å²) in [7, 11) is 0. The Kier molecular flexibility index (Phi) is 3.29. The molecule has 1 heterocycles. The van der Waals surface area contributed by atoms with Gasteiger partial charge in [0.1, 0.15) is 0 Å². The number of carbonyl (C=O) groups excluding carboxylic acids is 2. The van der Waals surface area contributed by atoms with Gasteiger partial charge in [0.15, 0.2) is 0 Å². The van der Waals surface area contributed by atoms with Gasteiger partial charge in [0, 0.05) is 10.0 Å². The lowest BCUT2D eigenvalue weighted by Gasteiger charge is -2.33. The van der Waals surface area contributed by atoms with Gasteiger partial charge >= 0.3 is 0 Å². The zero-order valence-corrected chi connectivity index (χ0v) is 12.0. The van der Waals surface area contributed by atoms with Crippen molar-refractivity contribution < 1.29 is 9.59 Å². The molecule has 1 aliphatic rings. The van der Waals surface area contributed by atoms with Crippen molar-refractivity contribution in [1.29, 1.82) is 0 Å². The number of rotatable bonds is 3. The number of imide groups is 1. The van der Waals surface area contributed by atoms with E-state index in [1.54, 1.807) is 18.2 Å². The van der Waals surface area contributed by atoms with Crippen molar-refractivity contribution in [3.05, 3.63) is 33.8 Å². The first-order valence-corrected chi connectivity index (χ1v) is 6.57. The van der Waals surface area contributed by atoms with Crippen LogP contribution in [0, 0.1) is 0 Å². The van der Waals surface area contributed by atoms with Crippen molar-refractivity contribution in [2.24, 2.45) is 5.73 Å². The van der Waals surface area contributed by atoms with Gasteiger partial charge in [-0.3, -0.25) is 14.5 Å². The van der Waals surface area contributed by atoms with Gasteiger partial charge in [0.05, 0.1) is 11.1 Å². The van der Waals surface area contributed by atoms with E-state index in [0.29, 0.717) is 28.6 Å². The second-order valence-corrected chi connectivity index (χ2v) is 5.81. The minimum atomic E-state index is -0.568. The molecule has 0 radical (unpaired) electrons. The molecule has 0 bridgehead atoms. The summed E-state index contributed by atoms with van der Waals surface area (Å²) in [5.74, 6) is -0.490. The highest BCUT2D eigenvalue weighted by Crippen LogP contribution is 2.34. The number of hydrogen-bond donors (Lipinski definition) is 1. The standard InChI is InChI=1S/C13H15BrN2O2/c1-13(2,6-7-15)16-11(17)8-4-3-5-9(14)10(8)12(16)18/h3-5H,6-7,15H2,1-2H3. The van der Waals surface area contributed by atoms with E-state index in [1.807, 2.05) is 13.8 Å². The van der Waals surface area contributed by atoms with Gasteiger partial charge in [0.25, 0.3) is 11.8 Å². The molecule has 0 spiro atoms. The van der Waals surface area contributed by atoms with Crippen LogP contribution in [-0.2, 0) is 0 Å². The zero-order chi connectivity index (χ0) is 13.5. The molecular formula is C13H15BrN2O2. The van der Waals surface area contributed by atoms with Crippen molar-refractivity contribution in [3.8, 4) is 0 Å². The average Bonchev–Trinajstić information content (AvgIpc) is 2.53. The molecule has 96 valence electrons. The van der Waals surface area contributed by atoms with Gasteiger partial charge in [-0.25, -0.2) is 0 Å². The fraction of sp³-hybridized carbons (Fsp3) is 0.385. The topological polar surface area (TPSA) is 63.4 Å². The zero-order valence-electron chi connectivity index (χ0n) is 10.4. The molecule has 1 aromatic rings. The van der Waals surface area contributed by atoms with E-state index in [9.17, 15) is 9.59 Å². The predicted octanol–water partition coefficient (Wildman–Crippen LogP) is 2.17. The first-order chi connectivity index (χ1) is 8.40. The summed E-state index contributed by atoms with van der Waals surface area (Å²) in [5, 5.41) is 0. The third kappa shape index (κ3) is 1.87. The van der Waals surface area contributed by atoms with E-state index >= 15 is 0 Å². The lowest BCUT2D eigenvalue weighted by Crippen LogP contribution is -2.48. The minimum absolute atomic E-state index is 0.241. The van der Waals surface area contributed by atoms with Crippen LogP contribution in [0.5, 0.6) is 0 Å². The van der Waals surface area contributed by atoms with E-state index in [-0.39, 0.29) is 11.8 Å². The van der Waals surface area contributed by atoms with Crippen LogP contribution in [-0.4, -0.2) is 28.8 Å². The molecule has 18 heavy (non-hydrogen) atoms. The summed E-state index contributed by atoms with van der Waals surface area (Å²) in [5.41, 5.74) is 5.89. The first-order valence-electron chi connectivity index (χ1n) is 5.77. The number of halogens is 1. The summed E-state index contributed by atoms with van der Waals surface area (Å²) in [6.07, 6.45) is 0.579. The highest BCUT2D eigenvalue weighted by molar-refractivity contribution is 9.10. The van der Waals surface area contributed by atoms with Crippen LogP contribution in [0.25, 0.3) is 0 Å². The Labute approximate surface area is 114 Å². The van der Waals surface area contributed by atoms with E-state index in [1.165, 1.54) is 4.90 Å². The Bertz CT molecular complexity index is 526. The fourth-order valence-corrected chi connectivity index (χ4v) is 2.79. The molecule has 2 amide bonds. The van der Waals surface area contributed by atoms with Gasteiger partial charge in [-0.2, -0.15) is 0 Å². The third-order valence-corrected chi connectivity index (χ3v) is 3.89. The van der Waals surface area contributed by atoms with Crippen molar-refractivity contribution in [2.75, 3.05) is 6.54 Å². The molecule has 0 saturated heterocycles. The Hall–Kier alpha value is -1.20. The van der Waals surface area contributed by atoms with Crippen molar-refractivity contribution >= 4 is 27.7 Å². The van der Waals surface area contributed by atoms with Crippen LogP contribution >= 0.6 is 15.9 Å².